The highest BCUT2D eigenvalue weighted by molar-refractivity contribution is 7.99. The fraction of sp³-hybridized carbons (Fsp3) is 0.852. The van der Waals surface area contributed by atoms with Crippen LogP contribution >= 0.6 is 11.8 Å². The second-order valence-corrected chi connectivity index (χ2v) is 35.3. The van der Waals surface area contributed by atoms with Crippen LogP contribution in [0, 0.1) is 24.7 Å². The molecule has 43 atom stereocenters. The van der Waals surface area contributed by atoms with Gasteiger partial charge < -0.3 is 224 Å². The number of aryl methyl sites for hydroxylation is 1. The number of aliphatic hydroxyl groups excluding tert-OH is 21. The third kappa shape index (κ3) is 27.5. The Morgan fingerprint density at radius 2 is 0.762 bits per heavy atom. The first kappa shape index (κ1) is 112. The summed E-state index contributed by atoms with van der Waals surface area (Å²) >= 11 is 1.10. The topological polar surface area (TPSA) is 771 Å². The molecule has 1 aromatic rings. The molecule has 130 heavy (non-hydrogen) atoms. The Labute approximate surface area is 752 Å². The molecule has 9 rings (SSSR count). The van der Waals surface area contributed by atoms with Gasteiger partial charge in [0.25, 0.3) is 0 Å². The van der Waals surface area contributed by atoms with Crippen LogP contribution in [0.4, 0.5) is 0 Å². The predicted molar refractivity (Wildman–Crippen MR) is 427 cm³/mol. The Morgan fingerprint density at radius 1 is 0.431 bits per heavy atom. The second-order valence-electron chi connectivity index (χ2n) is 34.1. The fourth-order valence-electron chi connectivity index (χ4n) is 16.1. The number of unbranched alkanes of at least 4 members (excludes halogenated alkanes) is 2. The summed E-state index contributed by atoms with van der Waals surface area (Å²) in [5, 5.41) is 266. The first-order valence-electron chi connectivity index (χ1n) is 43.0. The summed E-state index contributed by atoms with van der Waals surface area (Å²) in [6.45, 7) is 14.4. The van der Waals surface area contributed by atoms with Crippen molar-refractivity contribution in [2.24, 2.45) is 17.8 Å². The lowest BCUT2D eigenvalue weighted by atomic mass is 9.83. The van der Waals surface area contributed by atoms with E-state index in [0.717, 1.165) is 42.0 Å². The number of aliphatic carboxylic acids is 3. The highest BCUT2D eigenvalue weighted by Gasteiger charge is 2.60. The first-order chi connectivity index (χ1) is 60.9. The molecule has 0 aromatic heterocycles. The molecule has 8 saturated heterocycles. The maximum absolute atomic E-state index is 12.6. The number of carbonyl (C=O) groups excluding carboxylic acids is 6. The summed E-state index contributed by atoms with van der Waals surface area (Å²) in [5.41, 5.74) is 0.000952. The summed E-state index contributed by atoms with van der Waals surface area (Å²) in [6, 6.07) is 3.83. The lowest BCUT2D eigenvalue weighted by Gasteiger charge is -2.52. The van der Waals surface area contributed by atoms with Crippen molar-refractivity contribution in [3.8, 4) is 0 Å². The zero-order valence-corrected chi connectivity index (χ0v) is 74.7. The second kappa shape index (κ2) is 49.8. The lowest BCUT2D eigenvalue weighted by Crippen LogP contribution is -2.70. The van der Waals surface area contributed by atoms with Crippen molar-refractivity contribution in [1.82, 2.24) is 16.0 Å². The smallest absolute Gasteiger partial charge is 0.217 e. The molecule has 8 aliphatic heterocycles. The molecule has 13 unspecified atom stereocenters. The van der Waals surface area contributed by atoms with Crippen LogP contribution in [0.2, 0.25) is 0 Å². The fourth-order valence-corrected chi connectivity index (χ4v) is 17.1. The number of carbonyl (C=O) groups is 6. The van der Waals surface area contributed by atoms with Crippen molar-refractivity contribution in [3.05, 3.63) is 29.8 Å². The SMILES string of the molecule is CC(=O)N[C@@H](C1O[C@@](OCC2O[C@@H](Sc3ccc(C)cc3)C(O)[C@@H](O)[C@H]2O)(C(=O)[O-])C[C@@H](O)[C@H]1C)[C@@H](C)O.CCCCO[C@@H]1OC(CO)[C@@H](O[C@@H]2OC(CO)[C@H](O)[C@H](O[C@]3(C(=O)[O-])C[C@@H](O)[C@@H](C)C([C@H](NC(C)=O)[C@@H](C)O)O3)C2O)[C@H](O)C1O.CCCCO[C@@H]1OC(CO)[C@@H](O[C@@H]2OC(CO[C@]3(C(=O)[O-])C[C@@H](O)[C@@H](C)C([C@H](NC(C)=O)[C@@H](C)O)O3)[C@H](O)[C@H](O)C2O)[C@H](O)C1O. The van der Waals surface area contributed by atoms with E-state index in [0.29, 0.717) is 12.8 Å². The summed E-state index contributed by atoms with van der Waals surface area (Å²) in [7, 11) is 0. The maximum Gasteiger partial charge on any atom is 0.217 e. The largest absolute Gasteiger partial charge is 0.544 e. The number of amides is 3. The molecular weight excluding hydrogens is 1770 g/mol. The normalized spacial score (nSPS) is 41.4. The number of hydrogen-bond donors (Lipinski definition) is 24. The van der Waals surface area contributed by atoms with Gasteiger partial charge in [-0.05, 0) is 52.7 Å². The molecule has 0 saturated carbocycles. The molecule has 750 valence electrons. The Kier molecular flexibility index (Phi) is 42.9. The summed E-state index contributed by atoms with van der Waals surface area (Å²) in [5.74, 6) is -17.9. The quantitative estimate of drug-likeness (QED) is 0.0275. The van der Waals surface area contributed by atoms with E-state index in [1.54, 1.807) is 19.1 Å². The molecule has 3 amide bonds. The monoisotopic (exact) mass is 1900 g/mol. The molecule has 0 spiro atoms. The van der Waals surface area contributed by atoms with Gasteiger partial charge in [-0.1, -0.05) is 76.9 Å². The number of carboxylic acids is 3. The zero-order valence-electron chi connectivity index (χ0n) is 73.9. The molecule has 8 aliphatic rings. The van der Waals surface area contributed by atoms with Crippen LogP contribution in [-0.4, -0.2) is 432 Å². The number of hydrogen-bond acceptors (Lipinski definition) is 46. The van der Waals surface area contributed by atoms with E-state index in [1.807, 2.05) is 32.9 Å². The van der Waals surface area contributed by atoms with Gasteiger partial charge in [-0.15, -0.1) is 0 Å². The third-order valence-electron chi connectivity index (χ3n) is 24.0. The zero-order chi connectivity index (χ0) is 97.4. The van der Waals surface area contributed by atoms with Crippen molar-refractivity contribution in [2.75, 3.05) is 46.2 Å². The highest BCUT2D eigenvalue weighted by Crippen LogP contribution is 2.44. The van der Waals surface area contributed by atoms with E-state index in [2.05, 4.69) is 16.0 Å². The molecule has 8 heterocycles. The van der Waals surface area contributed by atoms with Gasteiger partial charge in [0.05, 0.1) is 106 Å². The minimum atomic E-state index is -2.88. The minimum Gasteiger partial charge on any atom is -0.544 e. The van der Waals surface area contributed by atoms with Crippen LogP contribution in [-0.2, 0) is 99.8 Å². The molecule has 0 radical (unpaired) electrons. The summed E-state index contributed by atoms with van der Waals surface area (Å²) in [4.78, 5) is 73.3. The number of thioether (sulfide) groups is 1. The summed E-state index contributed by atoms with van der Waals surface area (Å²) < 4.78 is 84.4. The van der Waals surface area contributed by atoms with Crippen LogP contribution < -0.4 is 31.3 Å². The average Bonchev–Trinajstić information content (AvgIpc) is 0.764. The predicted octanol–water partition coefficient (Wildman–Crippen LogP) is -12.8. The minimum absolute atomic E-state index is 0.188. The van der Waals surface area contributed by atoms with Crippen molar-refractivity contribution in [2.45, 2.75) is 376 Å². The van der Waals surface area contributed by atoms with Gasteiger partial charge in [-0.3, -0.25) is 14.4 Å². The van der Waals surface area contributed by atoms with Gasteiger partial charge in [-0.25, -0.2) is 0 Å². The standard InChI is InChI=1S/2C28H49NO17.C25H37NO11S/c1-5-6-7-41-25-22(38)20(36)24(15(9-30)43-25)45-26-21(37)19(35)18(34)16(44-26)10-42-28(27(39)40)8-14(33)11(2)23(46-28)17(12(3)31)29-13(4)32;1-5-6-7-41-25-20(37)19(36)23(16(10-31)43-25)44-26-21(38)24(18(35)15(9-30)42-26)46-28(27(39)40)8-14(34)11(2)22(45-28)17(12(3)32)29-13(4)33;1-11-5-7-15(8-6-11)38-23-21(32)20(31)19(30)17(36-23)10-35-25(24(33)34)9-16(29)12(2)22(37-25)18(13(3)27)26-14(4)28/h11-12,14-26,30-31,33-38H,5-10H2,1-4H3,(H,29,32)(H,39,40);11-12,14-26,30-32,34-38H,5-10H2,1-4H3,(H,29,33)(H,39,40);5-8,12-13,16-23,27,29-32H,9-10H2,1-4H3,(H,26,28)(H,33,34)/p-3/t11-,12-,14-,15?,16?,17-,18+,19+,20-,21?,22?,23?,24-,25-,26+,28-;11-,12-,14-,15?,16?,17-,18+,19-,20?,21?,22?,23-,24+,25-,26+,28+;12-,13-,16-,17?,18-,19+,20+,21?,22?,23+,25-/m111/s1. The van der Waals surface area contributed by atoms with E-state index in [1.165, 1.54) is 48.5 Å². The number of aliphatic hydroxyl groups is 21. The van der Waals surface area contributed by atoms with Crippen molar-refractivity contribution >= 4 is 47.4 Å². The summed E-state index contributed by atoms with van der Waals surface area (Å²) in [6.07, 6.45) is -50.7. The molecular formula is C81H132N3O45S-3. The van der Waals surface area contributed by atoms with E-state index in [4.69, 9.17) is 71.1 Å². The number of rotatable bonds is 37. The third-order valence-corrected chi connectivity index (χ3v) is 25.1. The number of benzene rings is 1. The van der Waals surface area contributed by atoms with Crippen molar-refractivity contribution < 1.29 is 222 Å². The Balaban J connectivity index is 0.000000268. The number of nitrogens with one attached hydrogen (secondary N) is 3. The maximum atomic E-state index is 12.6. The number of carboxylic acid groups (broad SMARTS) is 3. The van der Waals surface area contributed by atoms with Crippen LogP contribution in [0.25, 0.3) is 0 Å². The lowest BCUT2D eigenvalue weighted by molar-refractivity contribution is -0.411. The van der Waals surface area contributed by atoms with Crippen molar-refractivity contribution in [1.29, 1.82) is 0 Å². The van der Waals surface area contributed by atoms with Gasteiger partial charge in [0.2, 0.25) is 35.1 Å². The number of ether oxygens (including phenoxy) is 15. The molecule has 0 bridgehead atoms. The van der Waals surface area contributed by atoms with E-state index in [-0.39, 0.29) is 13.2 Å². The Morgan fingerprint density at radius 3 is 1.12 bits per heavy atom. The van der Waals surface area contributed by atoms with E-state index < -0.39 is 349 Å². The van der Waals surface area contributed by atoms with E-state index in [9.17, 15) is 151 Å². The van der Waals surface area contributed by atoms with E-state index >= 15 is 0 Å². The Bertz CT molecular complexity index is 3670. The Hall–Kier alpha value is -5.05. The molecule has 1 aromatic carbocycles. The first-order valence-corrected chi connectivity index (χ1v) is 43.9. The van der Waals surface area contributed by atoms with Gasteiger partial charge in [0, 0.05) is 75.9 Å². The van der Waals surface area contributed by atoms with Gasteiger partial charge in [-0.2, -0.15) is 0 Å². The average molecular weight is 1900 g/mol. The molecule has 48 nitrogen and oxygen atoms in total. The molecule has 0 aliphatic carbocycles. The van der Waals surface area contributed by atoms with Gasteiger partial charge in [0.1, 0.15) is 145 Å². The van der Waals surface area contributed by atoms with Gasteiger partial charge in [0.15, 0.2) is 25.2 Å². The van der Waals surface area contributed by atoms with Crippen LogP contribution in [0.15, 0.2) is 29.2 Å². The molecule has 49 heteroatoms. The molecule has 24 N–H and O–H groups in total. The van der Waals surface area contributed by atoms with Crippen LogP contribution in [0.5, 0.6) is 0 Å². The highest BCUT2D eigenvalue weighted by atomic mass is 32.2. The van der Waals surface area contributed by atoms with Crippen LogP contribution in [0.1, 0.15) is 127 Å². The van der Waals surface area contributed by atoms with Crippen molar-refractivity contribution in [3.63, 3.8) is 0 Å². The van der Waals surface area contributed by atoms with Crippen LogP contribution in [0.3, 0.4) is 0 Å². The van der Waals surface area contributed by atoms with Gasteiger partial charge >= 0.3 is 0 Å². The molecule has 8 fully saturated rings.